The fourth-order valence-electron chi connectivity index (χ4n) is 1.40. The molecule has 0 aliphatic rings. The van der Waals surface area contributed by atoms with Gasteiger partial charge in [-0.05, 0) is 18.1 Å². The predicted molar refractivity (Wildman–Crippen MR) is 50.7 cm³/mol. The van der Waals surface area contributed by atoms with E-state index in [-0.39, 0.29) is 5.56 Å². The Labute approximate surface area is 89.7 Å². The van der Waals surface area contributed by atoms with Crippen LogP contribution in [0.25, 0.3) is 0 Å². The average Bonchev–Trinajstić information content (AvgIpc) is 2.15. The zero-order valence-corrected chi connectivity index (χ0v) is 8.38. The lowest BCUT2D eigenvalue weighted by Gasteiger charge is -2.29. The number of aryl methyl sites for hydroxylation is 1. The summed E-state index contributed by atoms with van der Waals surface area (Å²) in [6, 6.07) is 5.28. The minimum atomic E-state index is -5.05. The summed E-state index contributed by atoms with van der Waals surface area (Å²) in [6.45, 7) is 1.38. The number of benzene rings is 1. The number of halogens is 3. The maximum Gasteiger partial charge on any atom is 0.421 e. The summed E-state index contributed by atoms with van der Waals surface area (Å²) in [5, 5.41) is 8.70. The summed E-state index contributed by atoms with van der Waals surface area (Å²) in [5.41, 5.74) is 1.39. The van der Waals surface area contributed by atoms with E-state index in [0.29, 0.717) is 0 Å². The third-order valence-corrected chi connectivity index (χ3v) is 2.35. The number of nitrogens with two attached hydrogens (primary N) is 1. The van der Waals surface area contributed by atoms with Crippen molar-refractivity contribution in [2.75, 3.05) is 0 Å². The first-order chi connectivity index (χ1) is 7.21. The molecule has 0 aliphatic carbocycles. The zero-order chi connectivity index (χ0) is 12.6. The minimum absolute atomic E-state index is 0.185. The topological polar surface area (TPSA) is 63.3 Å². The maximum absolute atomic E-state index is 12.7. The van der Waals surface area contributed by atoms with Gasteiger partial charge in [0.05, 0.1) is 0 Å². The highest BCUT2D eigenvalue weighted by Gasteiger charge is 2.59. The van der Waals surface area contributed by atoms with Crippen molar-refractivity contribution in [1.29, 1.82) is 0 Å². The molecule has 0 aromatic heterocycles. The molecule has 0 heterocycles. The summed E-state index contributed by atoms with van der Waals surface area (Å²) >= 11 is 0. The van der Waals surface area contributed by atoms with Crippen molar-refractivity contribution in [3.05, 3.63) is 35.4 Å². The van der Waals surface area contributed by atoms with Crippen LogP contribution in [0.5, 0.6) is 0 Å². The fourth-order valence-corrected chi connectivity index (χ4v) is 1.40. The van der Waals surface area contributed by atoms with Gasteiger partial charge in [0, 0.05) is 0 Å². The Morgan fingerprint density at radius 1 is 1.31 bits per heavy atom. The Morgan fingerprint density at radius 3 is 2.19 bits per heavy atom. The lowest BCUT2D eigenvalue weighted by atomic mass is 9.87. The van der Waals surface area contributed by atoms with Crippen LogP contribution in [0, 0.1) is 6.92 Å². The lowest BCUT2D eigenvalue weighted by molar-refractivity contribution is -0.204. The molecule has 1 atom stereocenters. The van der Waals surface area contributed by atoms with Crippen LogP contribution in [0.2, 0.25) is 0 Å². The molecule has 0 amide bonds. The molecular weight excluding hydrogens is 223 g/mol. The van der Waals surface area contributed by atoms with Crippen LogP contribution in [0.15, 0.2) is 24.3 Å². The molecule has 6 heteroatoms. The molecule has 0 saturated carbocycles. The number of carboxylic acid groups (broad SMARTS) is 1. The van der Waals surface area contributed by atoms with Crippen LogP contribution in [-0.4, -0.2) is 17.3 Å². The molecule has 1 aromatic carbocycles. The van der Waals surface area contributed by atoms with Crippen LogP contribution >= 0.6 is 0 Å². The van der Waals surface area contributed by atoms with Gasteiger partial charge in [0.15, 0.2) is 0 Å². The van der Waals surface area contributed by atoms with E-state index >= 15 is 0 Å². The molecule has 0 fully saturated rings. The largest absolute Gasteiger partial charge is 0.479 e. The van der Waals surface area contributed by atoms with Gasteiger partial charge in [-0.25, -0.2) is 4.79 Å². The number of hydrogen-bond donors (Lipinski definition) is 2. The molecule has 16 heavy (non-hydrogen) atoms. The minimum Gasteiger partial charge on any atom is -0.479 e. The van der Waals surface area contributed by atoms with Crippen molar-refractivity contribution in [2.45, 2.75) is 18.6 Å². The van der Waals surface area contributed by atoms with E-state index in [4.69, 9.17) is 10.8 Å². The summed E-state index contributed by atoms with van der Waals surface area (Å²) in [7, 11) is 0. The fraction of sp³-hybridized carbons (Fsp3) is 0.300. The molecule has 1 rings (SSSR count). The summed E-state index contributed by atoms with van der Waals surface area (Å²) in [4.78, 5) is 10.8. The Bertz CT molecular complexity index is 417. The van der Waals surface area contributed by atoms with Crippen LogP contribution < -0.4 is 5.73 Å². The van der Waals surface area contributed by atoms with Crippen molar-refractivity contribution in [2.24, 2.45) is 5.73 Å². The Hall–Kier alpha value is -1.56. The third kappa shape index (κ3) is 1.76. The van der Waals surface area contributed by atoms with Crippen molar-refractivity contribution in [3.63, 3.8) is 0 Å². The Balaban J connectivity index is 3.46. The van der Waals surface area contributed by atoms with Crippen LogP contribution in [0.1, 0.15) is 11.1 Å². The first-order valence-electron chi connectivity index (χ1n) is 4.36. The summed E-state index contributed by atoms with van der Waals surface area (Å²) in [5.74, 6) is -2.12. The smallest absolute Gasteiger partial charge is 0.421 e. The van der Waals surface area contributed by atoms with Crippen molar-refractivity contribution in [3.8, 4) is 0 Å². The van der Waals surface area contributed by atoms with Crippen molar-refractivity contribution in [1.82, 2.24) is 0 Å². The molecule has 0 saturated heterocycles. The van der Waals surface area contributed by atoms with Gasteiger partial charge in [0.1, 0.15) is 0 Å². The molecule has 0 radical (unpaired) electrons. The molecule has 0 spiro atoms. The number of carboxylic acids is 1. The standard InChI is InChI=1S/C10H10F3NO2/c1-6-4-2-3-5-7(6)9(14,8(15)16)10(11,12)13/h2-5H,14H2,1H3,(H,15,16)/t9-/m0/s1. The molecule has 3 N–H and O–H groups in total. The monoisotopic (exact) mass is 233 g/mol. The van der Waals surface area contributed by atoms with E-state index in [1.165, 1.54) is 25.1 Å². The van der Waals surface area contributed by atoms with Gasteiger partial charge in [0.25, 0.3) is 0 Å². The lowest BCUT2D eigenvalue weighted by Crippen LogP contribution is -2.56. The van der Waals surface area contributed by atoms with Gasteiger partial charge in [-0.2, -0.15) is 13.2 Å². The van der Waals surface area contributed by atoms with Gasteiger partial charge >= 0.3 is 12.1 Å². The number of alkyl halides is 3. The number of rotatable bonds is 2. The predicted octanol–water partition coefficient (Wildman–Crippen LogP) is 1.80. The second kappa shape index (κ2) is 3.79. The van der Waals surface area contributed by atoms with E-state index < -0.39 is 23.2 Å². The van der Waals surface area contributed by atoms with Gasteiger partial charge in [-0.15, -0.1) is 0 Å². The molecule has 88 valence electrons. The van der Waals surface area contributed by atoms with Crippen LogP contribution in [-0.2, 0) is 10.3 Å². The number of hydrogen-bond acceptors (Lipinski definition) is 2. The SMILES string of the molecule is Cc1ccccc1[C@](N)(C(=O)O)C(F)(F)F. The third-order valence-electron chi connectivity index (χ3n) is 2.35. The van der Waals surface area contributed by atoms with E-state index in [1.54, 1.807) is 0 Å². The van der Waals surface area contributed by atoms with Crippen molar-refractivity contribution >= 4 is 5.97 Å². The van der Waals surface area contributed by atoms with Crippen molar-refractivity contribution < 1.29 is 23.1 Å². The second-order valence-corrected chi connectivity index (χ2v) is 3.43. The molecule has 0 aliphatic heterocycles. The van der Waals surface area contributed by atoms with Gasteiger partial charge in [0.2, 0.25) is 5.54 Å². The Morgan fingerprint density at radius 2 is 1.81 bits per heavy atom. The van der Waals surface area contributed by atoms with Gasteiger partial charge in [-0.3, -0.25) is 0 Å². The normalized spacial score (nSPS) is 15.6. The maximum atomic E-state index is 12.7. The zero-order valence-electron chi connectivity index (χ0n) is 8.38. The Kier molecular flexibility index (Phi) is 2.96. The van der Waals surface area contributed by atoms with Gasteiger partial charge < -0.3 is 10.8 Å². The van der Waals surface area contributed by atoms with E-state index in [0.717, 1.165) is 6.07 Å². The first kappa shape index (κ1) is 12.5. The highest BCUT2D eigenvalue weighted by molar-refractivity contribution is 5.82. The molecular formula is C10H10F3NO2. The number of carbonyl (C=O) groups is 1. The average molecular weight is 233 g/mol. The second-order valence-electron chi connectivity index (χ2n) is 3.43. The highest BCUT2D eigenvalue weighted by atomic mass is 19.4. The molecule has 0 unspecified atom stereocenters. The van der Waals surface area contributed by atoms with E-state index in [1.807, 2.05) is 0 Å². The van der Waals surface area contributed by atoms with E-state index in [9.17, 15) is 18.0 Å². The quantitative estimate of drug-likeness (QED) is 0.818. The molecule has 1 aromatic rings. The molecule has 3 nitrogen and oxygen atoms in total. The number of aliphatic carboxylic acids is 1. The summed E-state index contributed by atoms with van der Waals surface area (Å²) in [6.07, 6.45) is -5.05. The van der Waals surface area contributed by atoms with Crippen LogP contribution in [0.3, 0.4) is 0 Å². The first-order valence-corrected chi connectivity index (χ1v) is 4.36. The van der Waals surface area contributed by atoms with Gasteiger partial charge in [-0.1, -0.05) is 24.3 Å². The summed E-state index contributed by atoms with van der Waals surface area (Å²) < 4.78 is 38.1. The van der Waals surface area contributed by atoms with E-state index in [2.05, 4.69) is 0 Å². The highest BCUT2D eigenvalue weighted by Crippen LogP contribution is 2.38. The molecule has 0 bridgehead atoms. The van der Waals surface area contributed by atoms with Crippen LogP contribution in [0.4, 0.5) is 13.2 Å².